The second kappa shape index (κ2) is 6.85. The molecule has 1 N–H and O–H groups in total. The molecule has 6 heteroatoms. The van der Waals surface area contributed by atoms with Gasteiger partial charge in [-0.25, -0.2) is 0 Å². The van der Waals surface area contributed by atoms with Crippen LogP contribution in [0.15, 0.2) is 21.1 Å². The van der Waals surface area contributed by atoms with Gasteiger partial charge in [0, 0.05) is 16.6 Å². The zero-order valence-electron chi connectivity index (χ0n) is 11.9. The van der Waals surface area contributed by atoms with Gasteiger partial charge in [0.1, 0.15) is 5.75 Å². The van der Waals surface area contributed by atoms with Crippen LogP contribution in [0.2, 0.25) is 0 Å². The molecule has 1 heterocycles. The van der Waals surface area contributed by atoms with E-state index >= 15 is 0 Å². The first-order chi connectivity index (χ1) is 9.60. The van der Waals surface area contributed by atoms with Crippen LogP contribution < -0.4 is 10.1 Å². The van der Waals surface area contributed by atoms with Gasteiger partial charge in [-0.15, -0.1) is 0 Å². The quantitative estimate of drug-likeness (QED) is 0.875. The fourth-order valence-electron chi connectivity index (χ4n) is 1.93. The smallest absolute Gasteiger partial charge is 0.264 e. The molecule has 0 fully saturated rings. The summed E-state index contributed by atoms with van der Waals surface area (Å²) in [5.74, 6) is 1.97. The van der Waals surface area contributed by atoms with Crippen LogP contribution in [0.3, 0.4) is 0 Å². The predicted octanol–water partition coefficient (Wildman–Crippen LogP) is 3.14. The molecule has 108 valence electrons. The van der Waals surface area contributed by atoms with Gasteiger partial charge in [0.2, 0.25) is 0 Å². The van der Waals surface area contributed by atoms with Gasteiger partial charge in [-0.2, -0.15) is 4.98 Å². The van der Waals surface area contributed by atoms with Gasteiger partial charge in [-0.05, 0) is 38.1 Å². The molecule has 0 atom stereocenters. The maximum absolute atomic E-state index is 5.86. The molecule has 0 aliphatic rings. The molecule has 0 saturated carbocycles. The molecule has 0 amide bonds. The monoisotopic (exact) mass is 339 g/mol. The fourth-order valence-corrected chi connectivity index (χ4v) is 2.55. The molecule has 0 unspecified atom stereocenters. The summed E-state index contributed by atoms with van der Waals surface area (Å²) in [5.41, 5.74) is 2.18. The van der Waals surface area contributed by atoms with Gasteiger partial charge in [0.05, 0.1) is 0 Å². The molecule has 0 aliphatic carbocycles. The van der Waals surface area contributed by atoms with E-state index in [4.69, 9.17) is 9.26 Å². The Morgan fingerprint density at radius 1 is 1.35 bits per heavy atom. The zero-order chi connectivity index (χ0) is 14.5. The van der Waals surface area contributed by atoms with Crippen LogP contribution in [0.1, 0.15) is 29.8 Å². The lowest BCUT2D eigenvalue weighted by atomic mass is 10.1. The standard InChI is InChI=1S/C14H18BrN3O2/c1-4-16-7-11-6-12(15)5-9(2)14(11)19-8-13-17-10(3)18-20-13/h5-6,16H,4,7-8H2,1-3H3. The van der Waals surface area contributed by atoms with Crippen molar-refractivity contribution < 1.29 is 9.26 Å². The van der Waals surface area contributed by atoms with E-state index in [0.717, 1.165) is 34.4 Å². The molecule has 1 aromatic carbocycles. The van der Waals surface area contributed by atoms with Crippen molar-refractivity contribution in [2.24, 2.45) is 0 Å². The fraction of sp³-hybridized carbons (Fsp3) is 0.429. The number of ether oxygens (including phenoxy) is 1. The molecule has 5 nitrogen and oxygen atoms in total. The Balaban J connectivity index is 2.16. The Morgan fingerprint density at radius 2 is 2.15 bits per heavy atom. The Kier molecular flexibility index (Phi) is 5.14. The van der Waals surface area contributed by atoms with E-state index in [0.29, 0.717) is 11.7 Å². The van der Waals surface area contributed by atoms with Gasteiger partial charge in [-0.3, -0.25) is 0 Å². The largest absolute Gasteiger partial charge is 0.483 e. The number of benzene rings is 1. The summed E-state index contributed by atoms with van der Waals surface area (Å²) in [7, 11) is 0. The van der Waals surface area contributed by atoms with Crippen LogP contribution in [0, 0.1) is 13.8 Å². The average molecular weight is 340 g/mol. The molecular weight excluding hydrogens is 322 g/mol. The van der Waals surface area contributed by atoms with Crippen molar-refractivity contribution in [3.8, 4) is 5.75 Å². The van der Waals surface area contributed by atoms with Gasteiger partial charge in [0.25, 0.3) is 5.89 Å². The molecule has 2 rings (SSSR count). The normalized spacial score (nSPS) is 10.8. The van der Waals surface area contributed by atoms with Crippen LogP contribution in [-0.4, -0.2) is 16.7 Å². The third kappa shape index (κ3) is 3.80. The molecule has 0 saturated heterocycles. The summed E-state index contributed by atoms with van der Waals surface area (Å²) in [6.45, 7) is 7.83. The molecule has 0 radical (unpaired) electrons. The van der Waals surface area contributed by atoms with Crippen molar-refractivity contribution >= 4 is 15.9 Å². The highest BCUT2D eigenvalue weighted by molar-refractivity contribution is 9.10. The summed E-state index contributed by atoms with van der Waals surface area (Å²) in [5, 5.41) is 7.06. The summed E-state index contributed by atoms with van der Waals surface area (Å²) in [4.78, 5) is 4.14. The lowest BCUT2D eigenvalue weighted by Crippen LogP contribution is -2.13. The summed E-state index contributed by atoms with van der Waals surface area (Å²) in [6.07, 6.45) is 0. The van der Waals surface area contributed by atoms with Gasteiger partial charge in [-0.1, -0.05) is 28.0 Å². The molecule has 1 aromatic heterocycles. The van der Waals surface area contributed by atoms with E-state index in [-0.39, 0.29) is 6.61 Å². The lowest BCUT2D eigenvalue weighted by Gasteiger charge is -2.14. The first-order valence-electron chi connectivity index (χ1n) is 6.52. The summed E-state index contributed by atoms with van der Waals surface area (Å²) in [6, 6.07) is 4.09. The van der Waals surface area contributed by atoms with Crippen molar-refractivity contribution in [1.82, 2.24) is 15.5 Å². The maximum atomic E-state index is 5.86. The van der Waals surface area contributed by atoms with Crippen LogP contribution in [0.25, 0.3) is 0 Å². The van der Waals surface area contributed by atoms with Crippen molar-refractivity contribution in [1.29, 1.82) is 0 Å². The van der Waals surface area contributed by atoms with Crippen LogP contribution in [-0.2, 0) is 13.2 Å². The van der Waals surface area contributed by atoms with Crippen LogP contribution in [0.5, 0.6) is 5.75 Å². The number of nitrogens with zero attached hydrogens (tertiary/aromatic N) is 2. The SMILES string of the molecule is CCNCc1cc(Br)cc(C)c1OCc1nc(C)no1. The minimum atomic E-state index is 0.280. The predicted molar refractivity (Wildman–Crippen MR) is 79.6 cm³/mol. The van der Waals surface area contributed by atoms with Crippen molar-refractivity contribution in [3.05, 3.63) is 39.4 Å². The van der Waals surface area contributed by atoms with E-state index in [2.05, 4.69) is 44.4 Å². The number of aromatic nitrogens is 2. The number of rotatable bonds is 6. The van der Waals surface area contributed by atoms with Crippen molar-refractivity contribution in [3.63, 3.8) is 0 Å². The molecule has 2 aromatic rings. The van der Waals surface area contributed by atoms with E-state index < -0.39 is 0 Å². The highest BCUT2D eigenvalue weighted by atomic mass is 79.9. The third-order valence-corrected chi connectivity index (χ3v) is 3.25. The second-order valence-corrected chi connectivity index (χ2v) is 5.43. The topological polar surface area (TPSA) is 60.2 Å². The third-order valence-electron chi connectivity index (χ3n) is 2.79. The van der Waals surface area contributed by atoms with Gasteiger partial charge < -0.3 is 14.6 Å². The highest BCUT2D eigenvalue weighted by Crippen LogP contribution is 2.28. The molecular formula is C14H18BrN3O2. The number of aryl methyl sites for hydroxylation is 2. The van der Waals surface area contributed by atoms with Crippen molar-refractivity contribution in [2.45, 2.75) is 33.9 Å². The van der Waals surface area contributed by atoms with E-state index in [1.54, 1.807) is 6.92 Å². The minimum absolute atomic E-state index is 0.280. The van der Waals surface area contributed by atoms with Crippen LogP contribution >= 0.6 is 15.9 Å². The Morgan fingerprint density at radius 3 is 2.80 bits per heavy atom. The second-order valence-electron chi connectivity index (χ2n) is 4.52. The lowest BCUT2D eigenvalue weighted by molar-refractivity contribution is 0.239. The van der Waals surface area contributed by atoms with E-state index in [1.165, 1.54) is 0 Å². The number of hydrogen-bond donors (Lipinski definition) is 1. The molecule has 0 spiro atoms. The first kappa shape index (κ1) is 15.0. The van der Waals surface area contributed by atoms with Crippen LogP contribution in [0.4, 0.5) is 0 Å². The Bertz CT molecular complexity index is 584. The number of hydrogen-bond acceptors (Lipinski definition) is 5. The molecule has 20 heavy (non-hydrogen) atoms. The highest BCUT2D eigenvalue weighted by Gasteiger charge is 2.11. The Hall–Kier alpha value is -1.40. The van der Waals surface area contributed by atoms with E-state index in [1.807, 2.05) is 13.0 Å². The Labute approximate surface area is 126 Å². The number of halogens is 1. The molecule has 0 bridgehead atoms. The average Bonchev–Trinajstić information content (AvgIpc) is 2.80. The molecule has 0 aliphatic heterocycles. The van der Waals surface area contributed by atoms with Gasteiger partial charge in [0.15, 0.2) is 12.4 Å². The van der Waals surface area contributed by atoms with Crippen molar-refractivity contribution in [2.75, 3.05) is 6.54 Å². The van der Waals surface area contributed by atoms with Gasteiger partial charge >= 0.3 is 0 Å². The minimum Gasteiger partial charge on any atom is -0.483 e. The zero-order valence-corrected chi connectivity index (χ0v) is 13.5. The maximum Gasteiger partial charge on any atom is 0.264 e. The summed E-state index contributed by atoms with van der Waals surface area (Å²) < 4.78 is 12.0. The number of nitrogens with one attached hydrogen (secondary N) is 1. The van der Waals surface area contributed by atoms with E-state index in [9.17, 15) is 0 Å². The first-order valence-corrected chi connectivity index (χ1v) is 7.31. The summed E-state index contributed by atoms with van der Waals surface area (Å²) >= 11 is 3.51.